The highest BCUT2D eigenvalue weighted by atomic mass is 79.9. The molecule has 0 fully saturated rings. The molecule has 0 amide bonds. The SMILES string of the molecule is CCCCOC(=O)C(CC)CC(C)(C)C(C)(C)C(=O)OCCOC(=O)C(C)(C)C(C)(C)CC(C(=O)OCCCC)C(C)(Br)CC. The molecule has 45 heavy (non-hydrogen) atoms. The van der Waals surface area contributed by atoms with Gasteiger partial charge in [0.25, 0.3) is 0 Å². The summed E-state index contributed by atoms with van der Waals surface area (Å²) in [6, 6.07) is 0. The number of hydrogen-bond acceptors (Lipinski definition) is 8. The summed E-state index contributed by atoms with van der Waals surface area (Å²) in [4.78, 5) is 52.4. The standard InChI is InChI=1S/C36H65BrO8/c1-14-18-20-42-28(38)26(16-3)24-32(5,6)34(9,10)30(40)44-22-23-45-31(41)35(11,12)33(7,8)25-27(36(13,37)17-4)29(39)43-21-19-15-2/h26-27H,14-25H2,1-13H3. The van der Waals surface area contributed by atoms with Gasteiger partial charge in [0.05, 0.1) is 35.9 Å². The van der Waals surface area contributed by atoms with E-state index in [9.17, 15) is 19.2 Å². The lowest BCUT2D eigenvalue weighted by atomic mass is 9.62. The van der Waals surface area contributed by atoms with E-state index < -0.39 is 43.8 Å². The number of hydrogen-bond donors (Lipinski definition) is 0. The molecule has 0 radical (unpaired) electrons. The van der Waals surface area contributed by atoms with E-state index in [1.54, 1.807) is 0 Å². The quantitative estimate of drug-likeness (QED) is 0.0476. The van der Waals surface area contributed by atoms with Crippen molar-refractivity contribution >= 4 is 39.8 Å². The number of ether oxygens (including phenoxy) is 4. The predicted molar refractivity (Wildman–Crippen MR) is 183 cm³/mol. The summed E-state index contributed by atoms with van der Waals surface area (Å²) in [7, 11) is 0. The number of unbranched alkanes of at least 4 members (excludes halogenated alkanes) is 2. The van der Waals surface area contributed by atoms with Crippen molar-refractivity contribution in [3.8, 4) is 0 Å². The zero-order chi connectivity index (χ0) is 35.3. The van der Waals surface area contributed by atoms with Gasteiger partial charge in [-0.3, -0.25) is 19.2 Å². The van der Waals surface area contributed by atoms with Gasteiger partial charge in [-0.1, -0.05) is 84.2 Å². The minimum absolute atomic E-state index is 0.0848. The fourth-order valence-electron chi connectivity index (χ4n) is 4.85. The molecule has 0 aliphatic rings. The Balaban J connectivity index is 5.35. The van der Waals surface area contributed by atoms with Crippen molar-refractivity contribution in [3.63, 3.8) is 0 Å². The maximum absolute atomic E-state index is 13.4. The molecule has 0 aromatic carbocycles. The van der Waals surface area contributed by atoms with E-state index in [2.05, 4.69) is 15.9 Å². The van der Waals surface area contributed by atoms with Crippen LogP contribution in [-0.4, -0.2) is 54.6 Å². The first-order valence-electron chi connectivity index (χ1n) is 17.0. The van der Waals surface area contributed by atoms with Crippen LogP contribution in [-0.2, 0) is 38.1 Å². The summed E-state index contributed by atoms with van der Waals surface area (Å²) in [6.45, 7) is 25.8. The Morgan fingerprint density at radius 1 is 0.578 bits per heavy atom. The average molecular weight is 706 g/mol. The lowest BCUT2D eigenvalue weighted by molar-refractivity contribution is -0.172. The topological polar surface area (TPSA) is 105 Å². The van der Waals surface area contributed by atoms with Gasteiger partial charge in [-0.05, 0) is 84.0 Å². The Morgan fingerprint density at radius 2 is 0.978 bits per heavy atom. The van der Waals surface area contributed by atoms with E-state index in [1.807, 2.05) is 90.0 Å². The fourth-order valence-corrected chi connectivity index (χ4v) is 5.20. The van der Waals surface area contributed by atoms with Gasteiger partial charge in [0, 0.05) is 4.32 Å². The van der Waals surface area contributed by atoms with Crippen molar-refractivity contribution in [3.05, 3.63) is 0 Å². The smallest absolute Gasteiger partial charge is 0.312 e. The molecule has 0 saturated carbocycles. The molecule has 3 atom stereocenters. The minimum Gasteiger partial charge on any atom is -0.465 e. The molecule has 0 bridgehead atoms. The molecule has 8 nitrogen and oxygen atoms in total. The highest BCUT2D eigenvalue weighted by Crippen LogP contribution is 2.49. The summed E-state index contributed by atoms with van der Waals surface area (Å²) in [5, 5.41) is 0. The molecule has 0 aromatic rings. The van der Waals surface area contributed by atoms with Crippen molar-refractivity contribution in [2.24, 2.45) is 33.5 Å². The molecule has 3 unspecified atom stereocenters. The number of carbonyl (C=O) groups excluding carboxylic acids is 4. The van der Waals surface area contributed by atoms with Gasteiger partial charge in [0.15, 0.2) is 0 Å². The van der Waals surface area contributed by atoms with Crippen LogP contribution in [0.4, 0.5) is 0 Å². The lowest BCUT2D eigenvalue weighted by Gasteiger charge is -2.43. The third kappa shape index (κ3) is 12.5. The van der Waals surface area contributed by atoms with Crippen molar-refractivity contribution in [2.75, 3.05) is 26.4 Å². The molecule has 9 heteroatoms. The number of esters is 4. The molecule has 0 saturated heterocycles. The van der Waals surface area contributed by atoms with Gasteiger partial charge in [-0.25, -0.2) is 0 Å². The van der Waals surface area contributed by atoms with Gasteiger partial charge in [-0.2, -0.15) is 0 Å². The van der Waals surface area contributed by atoms with Crippen LogP contribution in [0.3, 0.4) is 0 Å². The second-order valence-electron chi connectivity index (χ2n) is 15.0. The molecule has 0 aliphatic carbocycles. The summed E-state index contributed by atoms with van der Waals surface area (Å²) in [5.74, 6) is -2.11. The number of rotatable bonds is 22. The molecule has 0 aliphatic heterocycles. The second kappa shape index (κ2) is 18.6. The minimum atomic E-state index is -0.946. The molecule has 0 rings (SSSR count). The van der Waals surface area contributed by atoms with Crippen molar-refractivity contribution < 1.29 is 38.1 Å². The van der Waals surface area contributed by atoms with Crippen molar-refractivity contribution in [1.82, 2.24) is 0 Å². The van der Waals surface area contributed by atoms with Crippen LogP contribution in [0.25, 0.3) is 0 Å². The predicted octanol–water partition coefficient (Wildman–Crippen LogP) is 8.85. The van der Waals surface area contributed by atoms with Gasteiger partial charge in [0.2, 0.25) is 0 Å². The highest BCUT2D eigenvalue weighted by molar-refractivity contribution is 9.10. The van der Waals surface area contributed by atoms with Crippen LogP contribution in [0.2, 0.25) is 0 Å². The zero-order valence-electron chi connectivity index (χ0n) is 30.8. The molecule has 264 valence electrons. The number of halogens is 1. The van der Waals surface area contributed by atoms with Crippen LogP contribution < -0.4 is 0 Å². The monoisotopic (exact) mass is 704 g/mol. The van der Waals surface area contributed by atoms with E-state index in [4.69, 9.17) is 18.9 Å². The number of alkyl halides is 1. The maximum Gasteiger partial charge on any atom is 0.312 e. The Kier molecular flexibility index (Phi) is 18.0. The van der Waals surface area contributed by atoms with Crippen LogP contribution in [0.15, 0.2) is 0 Å². The second-order valence-corrected chi connectivity index (χ2v) is 16.8. The van der Waals surface area contributed by atoms with E-state index >= 15 is 0 Å². The lowest BCUT2D eigenvalue weighted by Crippen LogP contribution is -2.46. The van der Waals surface area contributed by atoms with Crippen molar-refractivity contribution in [1.29, 1.82) is 0 Å². The first kappa shape index (κ1) is 43.4. The van der Waals surface area contributed by atoms with Gasteiger partial charge in [-0.15, -0.1) is 0 Å². The Bertz CT molecular complexity index is 951. The number of carbonyl (C=O) groups is 4. The molecule has 0 aromatic heterocycles. The third-order valence-corrected chi connectivity index (χ3v) is 11.6. The van der Waals surface area contributed by atoms with Crippen LogP contribution in [0, 0.1) is 33.5 Å². The average Bonchev–Trinajstić information content (AvgIpc) is 2.96. The first-order chi connectivity index (χ1) is 20.6. The normalized spacial score (nSPS) is 15.4. The molecule has 0 N–H and O–H groups in total. The third-order valence-electron chi connectivity index (χ3n) is 10.4. The Labute approximate surface area is 282 Å². The summed E-state index contributed by atoms with van der Waals surface area (Å²) < 4.78 is 21.8. The van der Waals surface area contributed by atoms with E-state index in [-0.39, 0.29) is 31.1 Å². The van der Waals surface area contributed by atoms with Crippen LogP contribution in [0.1, 0.15) is 141 Å². The fraction of sp³-hybridized carbons (Fsp3) is 0.889. The van der Waals surface area contributed by atoms with Crippen LogP contribution >= 0.6 is 15.9 Å². The first-order valence-corrected chi connectivity index (χ1v) is 17.7. The summed E-state index contributed by atoms with van der Waals surface area (Å²) >= 11 is 3.76. The molecular weight excluding hydrogens is 640 g/mol. The van der Waals surface area contributed by atoms with Gasteiger partial charge in [0.1, 0.15) is 13.2 Å². The van der Waals surface area contributed by atoms with E-state index in [0.717, 1.165) is 25.7 Å². The maximum atomic E-state index is 13.4. The van der Waals surface area contributed by atoms with E-state index in [1.165, 1.54) is 0 Å². The van der Waals surface area contributed by atoms with Gasteiger partial charge < -0.3 is 18.9 Å². The van der Waals surface area contributed by atoms with E-state index in [0.29, 0.717) is 38.9 Å². The molecule has 0 heterocycles. The Morgan fingerprint density at radius 3 is 1.36 bits per heavy atom. The highest BCUT2D eigenvalue weighted by Gasteiger charge is 2.50. The molecular formula is C36H65BrO8. The Hall–Kier alpha value is -1.64. The largest absolute Gasteiger partial charge is 0.465 e. The van der Waals surface area contributed by atoms with Crippen LogP contribution in [0.5, 0.6) is 0 Å². The van der Waals surface area contributed by atoms with Gasteiger partial charge >= 0.3 is 23.9 Å². The van der Waals surface area contributed by atoms with Crippen molar-refractivity contribution in [2.45, 2.75) is 146 Å². The summed E-state index contributed by atoms with van der Waals surface area (Å²) in [5.41, 5.74) is -3.04. The zero-order valence-corrected chi connectivity index (χ0v) is 32.4. The summed E-state index contributed by atoms with van der Waals surface area (Å²) in [6.07, 6.45) is 5.74. The molecule has 0 spiro atoms.